The lowest BCUT2D eigenvalue weighted by Gasteiger charge is -2.23. The first kappa shape index (κ1) is 23.7. The number of alkyl halides is 3. The lowest BCUT2D eigenvalue weighted by atomic mass is 9.96. The van der Waals surface area contributed by atoms with E-state index in [0.29, 0.717) is 25.0 Å². The van der Waals surface area contributed by atoms with Crippen molar-refractivity contribution in [2.45, 2.75) is 49.2 Å². The van der Waals surface area contributed by atoms with E-state index in [1.54, 1.807) is 6.07 Å². The molecule has 0 aliphatic heterocycles. The molecular weight excluding hydrogens is 456 g/mol. The third-order valence-corrected chi connectivity index (χ3v) is 6.80. The van der Waals surface area contributed by atoms with E-state index in [1.807, 2.05) is 0 Å². The van der Waals surface area contributed by atoms with Gasteiger partial charge in [0.1, 0.15) is 22.5 Å². The Hall–Kier alpha value is -2.98. The molecule has 0 spiro atoms. The van der Waals surface area contributed by atoms with E-state index in [0.717, 1.165) is 26.3 Å². The lowest BCUT2D eigenvalue weighted by Crippen LogP contribution is -2.41. The van der Waals surface area contributed by atoms with Gasteiger partial charge in [0.25, 0.3) is 5.56 Å². The molecular formula is C19H18F4N4O4S. The second-order valence-electron chi connectivity index (χ2n) is 7.41. The van der Waals surface area contributed by atoms with Crippen molar-refractivity contribution in [1.82, 2.24) is 13.9 Å². The van der Waals surface area contributed by atoms with Gasteiger partial charge in [0, 0.05) is 19.2 Å². The standard InChI is InChI=1S/C19H18F4N4O4S/c1-26-16(19(21,22)23)9-17(28)27(18(26)29)14-8-15(11(10-24)7-13(14)20)32(30,31)25-12-5-3-2-4-6-12/h7-9,12,25H,2-6H2,1H3. The summed E-state index contributed by atoms with van der Waals surface area (Å²) in [6.07, 6.45) is -1.35. The minimum Gasteiger partial charge on any atom is -0.292 e. The molecule has 0 saturated heterocycles. The van der Waals surface area contributed by atoms with Gasteiger partial charge in [0.2, 0.25) is 10.0 Å². The Labute approximate surface area is 179 Å². The van der Waals surface area contributed by atoms with Gasteiger partial charge in [-0.05, 0) is 25.0 Å². The van der Waals surface area contributed by atoms with Gasteiger partial charge in [0.15, 0.2) is 0 Å². The summed E-state index contributed by atoms with van der Waals surface area (Å²) in [5.41, 5.74) is -6.05. The van der Waals surface area contributed by atoms with Gasteiger partial charge in [-0.3, -0.25) is 9.36 Å². The van der Waals surface area contributed by atoms with Crippen molar-refractivity contribution in [1.29, 1.82) is 5.26 Å². The van der Waals surface area contributed by atoms with Crippen LogP contribution in [0.15, 0.2) is 32.7 Å². The van der Waals surface area contributed by atoms with Crippen molar-refractivity contribution >= 4 is 10.0 Å². The third kappa shape index (κ3) is 4.46. The molecule has 1 fully saturated rings. The maximum Gasteiger partial charge on any atom is 0.431 e. The van der Waals surface area contributed by atoms with Crippen LogP contribution in [0, 0.1) is 17.1 Å². The van der Waals surface area contributed by atoms with Crippen LogP contribution in [0.2, 0.25) is 0 Å². The molecule has 0 radical (unpaired) electrons. The summed E-state index contributed by atoms with van der Waals surface area (Å²) >= 11 is 0. The second-order valence-corrected chi connectivity index (χ2v) is 9.09. The second kappa shape index (κ2) is 8.51. The molecule has 0 atom stereocenters. The number of nitrogens with zero attached hydrogens (tertiary/aromatic N) is 3. The van der Waals surface area contributed by atoms with Gasteiger partial charge in [-0.25, -0.2) is 26.9 Å². The molecule has 0 amide bonds. The fourth-order valence-corrected chi connectivity index (χ4v) is 5.11. The maximum atomic E-state index is 14.7. The Morgan fingerprint density at radius 3 is 2.31 bits per heavy atom. The van der Waals surface area contributed by atoms with Crippen LogP contribution >= 0.6 is 0 Å². The Morgan fingerprint density at radius 1 is 1.12 bits per heavy atom. The van der Waals surface area contributed by atoms with Crippen molar-refractivity contribution in [3.05, 3.63) is 56.1 Å². The SMILES string of the molecule is Cn1c(C(F)(F)F)cc(=O)n(-c2cc(S(=O)(=O)NC3CCCCC3)c(C#N)cc2F)c1=O. The highest BCUT2D eigenvalue weighted by molar-refractivity contribution is 7.89. The quantitative estimate of drug-likeness (QED) is 0.683. The summed E-state index contributed by atoms with van der Waals surface area (Å²) in [6.45, 7) is 0. The molecule has 1 N–H and O–H groups in total. The van der Waals surface area contributed by atoms with Crippen molar-refractivity contribution < 1.29 is 26.0 Å². The first-order valence-electron chi connectivity index (χ1n) is 9.53. The summed E-state index contributed by atoms with van der Waals surface area (Å²) in [4.78, 5) is 24.1. The smallest absolute Gasteiger partial charge is 0.292 e. The van der Waals surface area contributed by atoms with Crippen LogP contribution < -0.4 is 16.0 Å². The van der Waals surface area contributed by atoms with Crippen LogP contribution in [0.3, 0.4) is 0 Å². The highest BCUT2D eigenvalue weighted by atomic mass is 32.2. The first-order valence-corrected chi connectivity index (χ1v) is 11.0. The average molecular weight is 474 g/mol. The fraction of sp³-hybridized carbons (Fsp3) is 0.421. The number of nitrogens with one attached hydrogen (secondary N) is 1. The van der Waals surface area contributed by atoms with E-state index in [1.165, 1.54) is 0 Å². The van der Waals surface area contributed by atoms with Gasteiger partial charge in [-0.2, -0.15) is 18.4 Å². The zero-order valence-electron chi connectivity index (χ0n) is 16.7. The Balaban J connectivity index is 2.20. The monoisotopic (exact) mass is 474 g/mol. The molecule has 1 aliphatic rings. The zero-order valence-corrected chi connectivity index (χ0v) is 17.6. The fourth-order valence-electron chi connectivity index (χ4n) is 3.65. The molecule has 0 unspecified atom stereocenters. The molecule has 1 heterocycles. The topological polar surface area (TPSA) is 114 Å². The number of nitriles is 1. The normalized spacial score (nSPS) is 15.5. The minimum atomic E-state index is -5.02. The average Bonchev–Trinajstić information content (AvgIpc) is 2.71. The molecule has 1 saturated carbocycles. The van der Waals surface area contributed by atoms with Gasteiger partial charge in [0.05, 0.1) is 11.3 Å². The Morgan fingerprint density at radius 2 is 1.75 bits per heavy atom. The van der Waals surface area contributed by atoms with Crippen molar-refractivity contribution in [3.8, 4) is 11.8 Å². The minimum absolute atomic E-state index is 0.0886. The van der Waals surface area contributed by atoms with Crippen LogP contribution in [-0.4, -0.2) is 23.6 Å². The third-order valence-electron chi connectivity index (χ3n) is 5.24. The Bertz CT molecular complexity index is 1320. The molecule has 1 aliphatic carbocycles. The number of benzene rings is 1. The molecule has 13 heteroatoms. The number of hydrogen-bond acceptors (Lipinski definition) is 5. The van der Waals surface area contributed by atoms with Gasteiger partial charge < -0.3 is 0 Å². The molecule has 32 heavy (non-hydrogen) atoms. The molecule has 172 valence electrons. The zero-order chi connectivity index (χ0) is 23.8. The van der Waals surface area contributed by atoms with Crippen molar-refractivity contribution in [2.75, 3.05) is 0 Å². The number of rotatable bonds is 4. The van der Waals surface area contributed by atoms with Crippen LogP contribution in [0.4, 0.5) is 17.6 Å². The molecule has 1 aromatic carbocycles. The van der Waals surface area contributed by atoms with Gasteiger partial charge in [-0.1, -0.05) is 19.3 Å². The van der Waals surface area contributed by atoms with E-state index in [2.05, 4.69) is 4.72 Å². The molecule has 0 bridgehead atoms. The lowest BCUT2D eigenvalue weighted by molar-refractivity contribution is -0.144. The summed E-state index contributed by atoms with van der Waals surface area (Å²) < 4.78 is 82.3. The van der Waals surface area contributed by atoms with Crippen molar-refractivity contribution in [3.63, 3.8) is 0 Å². The van der Waals surface area contributed by atoms with E-state index >= 15 is 0 Å². The van der Waals surface area contributed by atoms with Crippen molar-refractivity contribution in [2.24, 2.45) is 7.05 Å². The van der Waals surface area contributed by atoms with Gasteiger partial charge >= 0.3 is 11.9 Å². The summed E-state index contributed by atoms with van der Waals surface area (Å²) in [5.74, 6) is -1.32. The Kier molecular flexibility index (Phi) is 6.30. The number of sulfonamides is 1. The van der Waals surface area contributed by atoms with E-state index in [9.17, 15) is 40.8 Å². The summed E-state index contributed by atoms with van der Waals surface area (Å²) in [5, 5.41) is 9.28. The van der Waals surface area contributed by atoms with Crippen LogP contribution in [0.25, 0.3) is 5.69 Å². The molecule has 1 aromatic heterocycles. The first-order chi connectivity index (χ1) is 14.9. The highest BCUT2D eigenvalue weighted by Crippen LogP contribution is 2.28. The number of halogens is 4. The van der Waals surface area contributed by atoms with Crippen LogP contribution in [0.1, 0.15) is 43.4 Å². The largest absolute Gasteiger partial charge is 0.431 e. The number of hydrogen-bond donors (Lipinski definition) is 1. The maximum absolute atomic E-state index is 14.7. The van der Waals surface area contributed by atoms with E-state index in [4.69, 9.17) is 0 Å². The summed E-state index contributed by atoms with van der Waals surface area (Å²) in [7, 11) is -3.62. The molecule has 2 aromatic rings. The van der Waals surface area contributed by atoms with E-state index < -0.39 is 61.1 Å². The highest BCUT2D eigenvalue weighted by Gasteiger charge is 2.35. The van der Waals surface area contributed by atoms with Crippen LogP contribution in [-0.2, 0) is 23.2 Å². The molecule has 8 nitrogen and oxygen atoms in total. The summed E-state index contributed by atoms with van der Waals surface area (Å²) in [6, 6.07) is 2.38. The molecule has 3 rings (SSSR count). The van der Waals surface area contributed by atoms with Crippen LogP contribution in [0.5, 0.6) is 0 Å². The van der Waals surface area contributed by atoms with E-state index in [-0.39, 0.29) is 15.2 Å². The van der Waals surface area contributed by atoms with Gasteiger partial charge in [-0.15, -0.1) is 0 Å². The predicted molar refractivity (Wildman–Crippen MR) is 104 cm³/mol. The predicted octanol–water partition coefficient (Wildman–Crippen LogP) is 2.18. The number of aromatic nitrogens is 2.